The van der Waals surface area contributed by atoms with E-state index in [-0.39, 0.29) is 12.5 Å². The molecule has 8 heteroatoms. The molecule has 0 fully saturated rings. The van der Waals surface area contributed by atoms with Crippen molar-refractivity contribution < 1.29 is 17.9 Å². The van der Waals surface area contributed by atoms with E-state index < -0.39 is 10.0 Å². The van der Waals surface area contributed by atoms with Crippen molar-refractivity contribution in [3.63, 3.8) is 0 Å². The lowest BCUT2D eigenvalue weighted by atomic mass is 10.3. The third-order valence-corrected chi connectivity index (χ3v) is 5.11. The van der Waals surface area contributed by atoms with E-state index in [2.05, 4.69) is 21.2 Å². The number of carbonyl (C=O) groups excluding carboxylic acids is 1. The molecule has 0 spiro atoms. The van der Waals surface area contributed by atoms with Gasteiger partial charge in [0.1, 0.15) is 5.75 Å². The first-order valence-corrected chi connectivity index (χ1v) is 9.62. The van der Waals surface area contributed by atoms with Gasteiger partial charge in [-0.15, -0.1) is 0 Å². The molecule has 128 valence electrons. The molecule has 2 aromatic rings. The van der Waals surface area contributed by atoms with Gasteiger partial charge >= 0.3 is 0 Å². The van der Waals surface area contributed by atoms with Gasteiger partial charge in [0.05, 0.1) is 17.6 Å². The second kappa shape index (κ2) is 7.67. The number of para-hydroxylation sites is 1. The van der Waals surface area contributed by atoms with Gasteiger partial charge in [0, 0.05) is 11.5 Å². The van der Waals surface area contributed by atoms with Crippen LogP contribution in [0.5, 0.6) is 5.75 Å². The van der Waals surface area contributed by atoms with Crippen LogP contribution in [0.25, 0.3) is 0 Å². The molecule has 0 saturated heterocycles. The molecule has 0 radical (unpaired) electrons. The van der Waals surface area contributed by atoms with E-state index >= 15 is 0 Å². The SMILES string of the molecule is CN(c1ccc(OCC(=O)Nc2ccccc2Br)cc1)S(C)(=O)=O. The summed E-state index contributed by atoms with van der Waals surface area (Å²) in [4.78, 5) is 11.9. The molecule has 0 heterocycles. The molecule has 6 nitrogen and oxygen atoms in total. The van der Waals surface area contributed by atoms with E-state index in [1.807, 2.05) is 18.2 Å². The van der Waals surface area contributed by atoms with E-state index in [9.17, 15) is 13.2 Å². The Kier molecular flexibility index (Phi) is 5.84. The highest BCUT2D eigenvalue weighted by atomic mass is 79.9. The van der Waals surface area contributed by atoms with Crippen LogP contribution in [-0.4, -0.2) is 34.2 Å². The molecule has 0 bridgehead atoms. The van der Waals surface area contributed by atoms with Gasteiger partial charge in [0.2, 0.25) is 10.0 Å². The summed E-state index contributed by atoms with van der Waals surface area (Å²) < 4.78 is 30.3. The van der Waals surface area contributed by atoms with E-state index in [1.54, 1.807) is 30.3 Å². The van der Waals surface area contributed by atoms with Gasteiger partial charge in [0.15, 0.2) is 6.61 Å². The zero-order chi connectivity index (χ0) is 17.7. The summed E-state index contributed by atoms with van der Waals surface area (Å²) >= 11 is 3.35. The van der Waals surface area contributed by atoms with Crippen LogP contribution in [0, 0.1) is 0 Å². The normalized spacial score (nSPS) is 11.0. The number of ether oxygens (including phenoxy) is 1. The van der Waals surface area contributed by atoms with Gasteiger partial charge in [0.25, 0.3) is 5.91 Å². The summed E-state index contributed by atoms with van der Waals surface area (Å²) in [5.41, 5.74) is 1.18. The van der Waals surface area contributed by atoms with Crippen LogP contribution >= 0.6 is 15.9 Å². The molecule has 1 amide bonds. The van der Waals surface area contributed by atoms with E-state index in [0.29, 0.717) is 17.1 Å². The third kappa shape index (κ3) is 4.97. The maximum absolute atomic E-state index is 11.9. The molecule has 1 N–H and O–H groups in total. The zero-order valence-electron chi connectivity index (χ0n) is 13.2. The summed E-state index contributed by atoms with van der Waals surface area (Å²) in [6, 6.07) is 13.7. The molecule has 0 aliphatic rings. The van der Waals surface area contributed by atoms with Gasteiger partial charge in [-0.1, -0.05) is 12.1 Å². The summed E-state index contributed by atoms with van der Waals surface area (Å²) in [6.07, 6.45) is 1.13. The van der Waals surface area contributed by atoms with Crippen LogP contribution in [0.4, 0.5) is 11.4 Å². The number of carbonyl (C=O) groups is 1. The number of hydrogen-bond donors (Lipinski definition) is 1. The van der Waals surface area contributed by atoms with Crippen molar-refractivity contribution in [2.75, 3.05) is 29.5 Å². The lowest BCUT2D eigenvalue weighted by molar-refractivity contribution is -0.118. The largest absolute Gasteiger partial charge is 0.484 e. The van der Waals surface area contributed by atoms with E-state index in [4.69, 9.17) is 4.74 Å². The van der Waals surface area contributed by atoms with Crippen LogP contribution in [-0.2, 0) is 14.8 Å². The van der Waals surface area contributed by atoms with Crippen molar-refractivity contribution in [3.8, 4) is 5.75 Å². The van der Waals surface area contributed by atoms with Crippen molar-refractivity contribution >= 4 is 43.2 Å². The second-order valence-electron chi connectivity index (χ2n) is 5.04. The molecule has 2 aromatic carbocycles. The van der Waals surface area contributed by atoms with E-state index in [0.717, 1.165) is 15.0 Å². The molecular formula is C16H17BrN2O4S. The Labute approximate surface area is 149 Å². The Balaban J connectivity index is 1.93. The second-order valence-corrected chi connectivity index (χ2v) is 7.91. The van der Waals surface area contributed by atoms with Crippen LogP contribution in [0.2, 0.25) is 0 Å². The lowest BCUT2D eigenvalue weighted by Crippen LogP contribution is -2.24. The van der Waals surface area contributed by atoms with Crippen molar-refractivity contribution in [2.45, 2.75) is 0 Å². The number of nitrogens with zero attached hydrogens (tertiary/aromatic N) is 1. The van der Waals surface area contributed by atoms with Crippen LogP contribution in [0.15, 0.2) is 53.0 Å². The highest BCUT2D eigenvalue weighted by Crippen LogP contribution is 2.22. The number of nitrogens with one attached hydrogen (secondary N) is 1. The third-order valence-electron chi connectivity index (χ3n) is 3.22. The first-order chi connectivity index (χ1) is 11.3. The molecule has 0 atom stereocenters. The van der Waals surface area contributed by atoms with Crippen molar-refractivity contribution in [3.05, 3.63) is 53.0 Å². The molecule has 0 aromatic heterocycles. The highest BCUT2D eigenvalue weighted by molar-refractivity contribution is 9.10. The Hall–Kier alpha value is -2.06. The fourth-order valence-electron chi connectivity index (χ4n) is 1.84. The monoisotopic (exact) mass is 412 g/mol. The fraction of sp³-hybridized carbons (Fsp3) is 0.188. The summed E-state index contributed by atoms with van der Waals surface area (Å²) in [5, 5.41) is 2.73. The first kappa shape index (κ1) is 18.3. The number of benzene rings is 2. The average Bonchev–Trinajstić information content (AvgIpc) is 2.54. The maximum Gasteiger partial charge on any atom is 0.262 e. The molecule has 0 unspecified atom stereocenters. The van der Waals surface area contributed by atoms with Gasteiger partial charge in [-0.05, 0) is 52.3 Å². The predicted octanol–water partition coefficient (Wildman–Crippen LogP) is 2.86. The quantitative estimate of drug-likeness (QED) is 0.791. The predicted molar refractivity (Wildman–Crippen MR) is 98.0 cm³/mol. The molecular weight excluding hydrogens is 396 g/mol. The van der Waals surface area contributed by atoms with E-state index in [1.165, 1.54) is 7.05 Å². The van der Waals surface area contributed by atoms with Gasteiger partial charge < -0.3 is 10.1 Å². The smallest absolute Gasteiger partial charge is 0.262 e. The minimum atomic E-state index is -3.31. The molecule has 2 rings (SSSR count). The first-order valence-electron chi connectivity index (χ1n) is 6.98. The maximum atomic E-state index is 11.9. The number of rotatable bonds is 6. The zero-order valence-corrected chi connectivity index (χ0v) is 15.6. The van der Waals surface area contributed by atoms with Gasteiger partial charge in [-0.25, -0.2) is 8.42 Å². The summed E-state index contributed by atoms with van der Waals surface area (Å²) in [7, 11) is -1.84. The standard InChI is InChI=1S/C16H17BrN2O4S/c1-19(24(2,21)22)12-7-9-13(10-8-12)23-11-16(20)18-15-6-4-3-5-14(15)17/h3-10H,11H2,1-2H3,(H,18,20). The lowest BCUT2D eigenvalue weighted by Gasteiger charge is -2.16. The number of anilines is 2. The minimum absolute atomic E-state index is 0.150. The Bertz CT molecular complexity index is 822. The highest BCUT2D eigenvalue weighted by Gasteiger charge is 2.12. The number of hydrogen-bond acceptors (Lipinski definition) is 4. The summed E-state index contributed by atoms with van der Waals surface area (Å²) in [5.74, 6) is 0.183. The van der Waals surface area contributed by atoms with Crippen LogP contribution in [0.1, 0.15) is 0 Å². The van der Waals surface area contributed by atoms with Crippen LogP contribution < -0.4 is 14.4 Å². The van der Waals surface area contributed by atoms with Gasteiger partial charge in [-0.2, -0.15) is 0 Å². The van der Waals surface area contributed by atoms with Crippen molar-refractivity contribution in [1.29, 1.82) is 0 Å². The minimum Gasteiger partial charge on any atom is -0.484 e. The molecule has 0 aliphatic heterocycles. The number of halogens is 1. The molecule has 0 aliphatic carbocycles. The molecule has 0 saturated carbocycles. The summed E-state index contributed by atoms with van der Waals surface area (Å²) in [6.45, 7) is -0.150. The molecule has 24 heavy (non-hydrogen) atoms. The fourth-order valence-corrected chi connectivity index (χ4v) is 2.73. The van der Waals surface area contributed by atoms with Crippen LogP contribution in [0.3, 0.4) is 0 Å². The number of amides is 1. The Morgan fingerprint density at radius 1 is 1.17 bits per heavy atom. The average molecular weight is 413 g/mol. The van der Waals surface area contributed by atoms with Crippen molar-refractivity contribution in [1.82, 2.24) is 0 Å². The Morgan fingerprint density at radius 2 is 1.79 bits per heavy atom. The Morgan fingerprint density at radius 3 is 2.38 bits per heavy atom. The topological polar surface area (TPSA) is 75.7 Å². The van der Waals surface area contributed by atoms with Crippen molar-refractivity contribution in [2.24, 2.45) is 0 Å². The van der Waals surface area contributed by atoms with Gasteiger partial charge in [-0.3, -0.25) is 9.10 Å². The number of sulfonamides is 1.